The molecule has 0 aliphatic heterocycles. The molecule has 1 aromatic rings. The quantitative estimate of drug-likeness (QED) is 0.511. The molecule has 0 amide bonds. The van der Waals surface area contributed by atoms with E-state index < -0.39 is 0 Å². The van der Waals surface area contributed by atoms with E-state index in [1.807, 2.05) is 19.1 Å². The van der Waals surface area contributed by atoms with E-state index in [0.29, 0.717) is 5.88 Å². The summed E-state index contributed by atoms with van der Waals surface area (Å²) in [5.74, 6) is 5.88. The summed E-state index contributed by atoms with van der Waals surface area (Å²) < 4.78 is 4.92. The maximum absolute atomic E-state index is 5.27. The summed E-state index contributed by atoms with van der Waals surface area (Å²) in [6, 6.07) is 3.85. The molecule has 0 aliphatic carbocycles. The van der Waals surface area contributed by atoms with E-state index in [4.69, 9.17) is 10.6 Å². The highest BCUT2D eigenvalue weighted by Crippen LogP contribution is 2.12. The number of nitrogens with zero attached hydrogens (tertiary/aromatic N) is 1. The molecular weight excluding hydrogens is 154 g/mol. The number of aromatic nitrogens is 1. The third-order valence-electron chi connectivity index (χ3n) is 1.72. The average Bonchev–Trinajstić information content (AvgIpc) is 2.17. The van der Waals surface area contributed by atoms with E-state index in [9.17, 15) is 0 Å². The molecule has 3 N–H and O–H groups in total. The molecule has 0 aliphatic rings. The highest BCUT2D eigenvalue weighted by molar-refractivity contribution is 5.19. The fraction of sp³-hybridized carbons (Fsp3) is 0.375. The smallest absolute Gasteiger partial charge is 0.212 e. The van der Waals surface area contributed by atoms with Crippen LogP contribution >= 0.6 is 0 Å². The predicted octanol–water partition coefficient (Wildman–Crippen LogP) is 0.615. The lowest BCUT2D eigenvalue weighted by Gasteiger charge is -2.09. The van der Waals surface area contributed by atoms with Crippen LogP contribution in [0.1, 0.15) is 18.5 Å². The Labute approximate surface area is 71.7 Å². The third-order valence-corrected chi connectivity index (χ3v) is 1.72. The Morgan fingerprint density at radius 1 is 1.58 bits per heavy atom. The van der Waals surface area contributed by atoms with E-state index in [-0.39, 0.29) is 6.04 Å². The molecular formula is C8H13N3O. The van der Waals surface area contributed by atoms with Crippen LogP contribution in [0, 0.1) is 0 Å². The standard InChI is InChI=1S/C8H13N3O/c1-6(11-9)7-3-4-8(12-2)10-5-7/h3-6,11H,9H2,1-2H3/t6-/m1/s1. The van der Waals surface area contributed by atoms with E-state index >= 15 is 0 Å². The molecule has 4 heteroatoms. The Morgan fingerprint density at radius 2 is 2.33 bits per heavy atom. The zero-order valence-corrected chi connectivity index (χ0v) is 7.24. The van der Waals surface area contributed by atoms with Crippen molar-refractivity contribution in [3.63, 3.8) is 0 Å². The zero-order valence-electron chi connectivity index (χ0n) is 7.24. The maximum atomic E-state index is 5.27. The van der Waals surface area contributed by atoms with E-state index in [2.05, 4.69) is 10.4 Å². The second kappa shape index (κ2) is 4.04. The van der Waals surface area contributed by atoms with Gasteiger partial charge in [0.05, 0.1) is 7.11 Å². The fourth-order valence-corrected chi connectivity index (χ4v) is 0.865. The van der Waals surface area contributed by atoms with Crippen molar-refractivity contribution in [3.8, 4) is 5.88 Å². The van der Waals surface area contributed by atoms with Crippen LogP contribution in [-0.4, -0.2) is 12.1 Å². The van der Waals surface area contributed by atoms with Gasteiger partial charge in [0.1, 0.15) is 0 Å². The fourth-order valence-electron chi connectivity index (χ4n) is 0.865. The molecule has 0 aromatic carbocycles. The van der Waals surface area contributed by atoms with Gasteiger partial charge in [-0.1, -0.05) is 6.07 Å². The molecule has 1 heterocycles. The average molecular weight is 167 g/mol. The molecule has 0 radical (unpaired) electrons. The van der Waals surface area contributed by atoms with Crippen LogP contribution in [0.15, 0.2) is 18.3 Å². The molecule has 0 fully saturated rings. The lowest BCUT2D eigenvalue weighted by atomic mass is 10.1. The van der Waals surface area contributed by atoms with Gasteiger partial charge >= 0.3 is 0 Å². The molecule has 12 heavy (non-hydrogen) atoms. The Balaban J connectivity index is 2.77. The minimum absolute atomic E-state index is 0.114. The van der Waals surface area contributed by atoms with Gasteiger partial charge < -0.3 is 4.74 Å². The van der Waals surface area contributed by atoms with Gasteiger partial charge in [0.2, 0.25) is 5.88 Å². The van der Waals surface area contributed by atoms with Crippen LogP contribution in [0.2, 0.25) is 0 Å². The van der Waals surface area contributed by atoms with Crippen molar-refractivity contribution >= 4 is 0 Å². The van der Waals surface area contributed by atoms with Crippen LogP contribution in [-0.2, 0) is 0 Å². The van der Waals surface area contributed by atoms with Gasteiger partial charge in [0.15, 0.2) is 0 Å². The summed E-state index contributed by atoms with van der Waals surface area (Å²) >= 11 is 0. The second-order valence-electron chi connectivity index (χ2n) is 2.52. The van der Waals surface area contributed by atoms with Gasteiger partial charge in [-0.05, 0) is 12.5 Å². The van der Waals surface area contributed by atoms with Crippen molar-refractivity contribution < 1.29 is 4.74 Å². The summed E-state index contributed by atoms with van der Waals surface area (Å²) in [5.41, 5.74) is 3.68. The molecule has 66 valence electrons. The molecule has 1 aromatic heterocycles. The van der Waals surface area contributed by atoms with Gasteiger partial charge in [-0.25, -0.2) is 4.98 Å². The second-order valence-corrected chi connectivity index (χ2v) is 2.52. The van der Waals surface area contributed by atoms with Crippen LogP contribution in [0.25, 0.3) is 0 Å². The van der Waals surface area contributed by atoms with Crippen LogP contribution < -0.4 is 16.0 Å². The Kier molecular flexibility index (Phi) is 3.01. The lowest BCUT2D eigenvalue weighted by Crippen LogP contribution is -2.25. The number of pyridine rings is 1. The first kappa shape index (κ1) is 8.96. The van der Waals surface area contributed by atoms with Crippen molar-refractivity contribution in [3.05, 3.63) is 23.9 Å². The zero-order chi connectivity index (χ0) is 8.97. The Morgan fingerprint density at radius 3 is 2.75 bits per heavy atom. The molecule has 1 rings (SSSR count). The van der Waals surface area contributed by atoms with Crippen molar-refractivity contribution in [1.82, 2.24) is 10.4 Å². The van der Waals surface area contributed by atoms with Gasteiger partial charge in [-0.2, -0.15) is 0 Å². The molecule has 0 saturated carbocycles. The van der Waals surface area contributed by atoms with Gasteiger partial charge in [0.25, 0.3) is 0 Å². The Bertz CT molecular complexity index is 235. The first-order valence-electron chi connectivity index (χ1n) is 3.74. The number of nitrogens with one attached hydrogen (secondary N) is 1. The largest absolute Gasteiger partial charge is 0.481 e. The SMILES string of the molecule is COc1ccc([C@@H](C)NN)cn1. The summed E-state index contributed by atoms with van der Waals surface area (Å²) in [5, 5.41) is 0. The van der Waals surface area contributed by atoms with Gasteiger partial charge in [-0.3, -0.25) is 11.3 Å². The third kappa shape index (κ3) is 1.93. The number of methoxy groups -OCH3 is 1. The highest BCUT2D eigenvalue weighted by atomic mass is 16.5. The maximum Gasteiger partial charge on any atom is 0.212 e. The van der Waals surface area contributed by atoms with Crippen LogP contribution in [0.4, 0.5) is 0 Å². The number of hydrazine groups is 1. The summed E-state index contributed by atoms with van der Waals surface area (Å²) in [7, 11) is 1.59. The molecule has 0 bridgehead atoms. The number of hydrogen-bond acceptors (Lipinski definition) is 4. The molecule has 0 unspecified atom stereocenters. The summed E-state index contributed by atoms with van der Waals surface area (Å²) in [6.45, 7) is 1.96. The first-order valence-corrected chi connectivity index (χ1v) is 3.74. The van der Waals surface area contributed by atoms with Crippen molar-refractivity contribution in [2.75, 3.05) is 7.11 Å². The van der Waals surface area contributed by atoms with Crippen molar-refractivity contribution in [2.45, 2.75) is 13.0 Å². The summed E-state index contributed by atoms with van der Waals surface area (Å²) in [4.78, 5) is 4.05. The highest BCUT2D eigenvalue weighted by Gasteiger charge is 2.02. The Hall–Kier alpha value is -1.13. The number of nitrogens with two attached hydrogens (primary N) is 1. The first-order chi connectivity index (χ1) is 5.77. The molecule has 4 nitrogen and oxygen atoms in total. The predicted molar refractivity (Wildman–Crippen MR) is 46.5 cm³/mol. The van der Waals surface area contributed by atoms with E-state index in [1.165, 1.54) is 0 Å². The summed E-state index contributed by atoms with van der Waals surface area (Å²) in [6.07, 6.45) is 1.74. The van der Waals surface area contributed by atoms with Gasteiger partial charge in [0, 0.05) is 18.3 Å². The van der Waals surface area contributed by atoms with Gasteiger partial charge in [-0.15, -0.1) is 0 Å². The van der Waals surface area contributed by atoms with Crippen LogP contribution in [0.3, 0.4) is 0 Å². The number of hydrogen-bond donors (Lipinski definition) is 2. The normalized spacial score (nSPS) is 12.6. The molecule has 0 saturated heterocycles. The van der Waals surface area contributed by atoms with E-state index in [1.54, 1.807) is 13.3 Å². The van der Waals surface area contributed by atoms with E-state index in [0.717, 1.165) is 5.56 Å². The number of ether oxygens (including phenoxy) is 1. The minimum Gasteiger partial charge on any atom is -0.481 e. The monoisotopic (exact) mass is 167 g/mol. The lowest BCUT2D eigenvalue weighted by molar-refractivity contribution is 0.397. The minimum atomic E-state index is 0.114. The molecule has 1 atom stereocenters. The van der Waals surface area contributed by atoms with Crippen molar-refractivity contribution in [1.29, 1.82) is 0 Å². The van der Waals surface area contributed by atoms with Crippen molar-refractivity contribution in [2.24, 2.45) is 5.84 Å². The van der Waals surface area contributed by atoms with Crippen LogP contribution in [0.5, 0.6) is 5.88 Å². The topological polar surface area (TPSA) is 60.2 Å². The number of rotatable bonds is 3. The molecule has 0 spiro atoms.